The van der Waals surface area contributed by atoms with Crippen LogP contribution in [-0.2, 0) is 16.0 Å². The maximum atomic E-state index is 12.9. The first-order chi connectivity index (χ1) is 7.47. The molecular formula is C9H7ClF3NO2. The van der Waals surface area contributed by atoms with E-state index in [1.807, 2.05) is 0 Å². The van der Waals surface area contributed by atoms with Gasteiger partial charge in [-0.25, -0.2) is 13.2 Å². The van der Waals surface area contributed by atoms with E-state index in [9.17, 15) is 18.0 Å². The average molecular weight is 254 g/mol. The molecule has 1 aromatic heterocycles. The largest absolute Gasteiger partial charge is 0.469 e. The van der Waals surface area contributed by atoms with Gasteiger partial charge in [-0.1, -0.05) is 11.6 Å². The fraction of sp³-hybridized carbons (Fsp3) is 0.333. The first-order valence-electron chi connectivity index (χ1n) is 4.15. The summed E-state index contributed by atoms with van der Waals surface area (Å²) in [6, 6.07) is 0. The number of ether oxygens (including phenoxy) is 1. The van der Waals surface area contributed by atoms with Crippen molar-refractivity contribution in [3.05, 3.63) is 28.3 Å². The quantitative estimate of drug-likeness (QED) is 0.777. The van der Waals surface area contributed by atoms with Crippen LogP contribution in [0.1, 0.15) is 17.7 Å². The third kappa shape index (κ3) is 2.63. The third-order valence-corrected chi connectivity index (χ3v) is 2.23. The highest BCUT2D eigenvalue weighted by atomic mass is 35.5. The van der Waals surface area contributed by atoms with E-state index in [1.54, 1.807) is 0 Å². The molecule has 0 spiro atoms. The van der Waals surface area contributed by atoms with Crippen LogP contribution < -0.4 is 0 Å². The first kappa shape index (κ1) is 12.8. The Balaban J connectivity index is 3.18. The second kappa shape index (κ2) is 5.16. The highest BCUT2D eigenvalue weighted by Crippen LogP contribution is 2.31. The van der Waals surface area contributed by atoms with Gasteiger partial charge in [0.1, 0.15) is 0 Å². The first-order valence-corrected chi connectivity index (χ1v) is 4.53. The number of alkyl halides is 2. The van der Waals surface area contributed by atoms with E-state index >= 15 is 0 Å². The summed E-state index contributed by atoms with van der Waals surface area (Å²) in [5.41, 5.74) is -1.06. The Morgan fingerprint density at radius 1 is 1.62 bits per heavy atom. The van der Waals surface area contributed by atoms with Gasteiger partial charge in [-0.05, 0) is 0 Å². The van der Waals surface area contributed by atoms with Crippen molar-refractivity contribution in [3.63, 3.8) is 0 Å². The fourth-order valence-electron chi connectivity index (χ4n) is 1.09. The van der Waals surface area contributed by atoms with Gasteiger partial charge in [-0.3, -0.25) is 9.78 Å². The van der Waals surface area contributed by atoms with Crippen molar-refractivity contribution in [2.75, 3.05) is 7.11 Å². The number of hydrogen-bond acceptors (Lipinski definition) is 3. The van der Waals surface area contributed by atoms with Gasteiger partial charge in [-0.2, -0.15) is 0 Å². The number of aromatic nitrogens is 1. The number of pyridine rings is 1. The Bertz CT molecular complexity index is 412. The summed E-state index contributed by atoms with van der Waals surface area (Å²) in [5.74, 6) is -1.80. The van der Waals surface area contributed by atoms with E-state index < -0.39 is 35.2 Å². The minimum absolute atomic E-state index is 0.284. The summed E-state index contributed by atoms with van der Waals surface area (Å²) >= 11 is 5.37. The lowest BCUT2D eigenvalue weighted by Gasteiger charge is -2.09. The Hall–Kier alpha value is -1.30. The standard InChI is InChI=1S/C9H7ClF3NO2/c1-16-6(15)2-5-7(9(12)13)8(10)4(11)3-14-5/h3,9H,2H2,1H3. The van der Waals surface area contributed by atoms with Crippen LogP contribution in [0.4, 0.5) is 13.2 Å². The molecule has 0 aromatic carbocycles. The summed E-state index contributed by atoms with van der Waals surface area (Å²) in [5, 5.41) is -0.719. The zero-order valence-corrected chi connectivity index (χ0v) is 8.89. The molecule has 0 unspecified atom stereocenters. The molecule has 7 heteroatoms. The van der Waals surface area contributed by atoms with E-state index in [2.05, 4.69) is 9.72 Å². The van der Waals surface area contributed by atoms with Gasteiger partial charge in [0.2, 0.25) is 0 Å². The smallest absolute Gasteiger partial charge is 0.311 e. The number of halogens is 4. The van der Waals surface area contributed by atoms with E-state index in [0.717, 1.165) is 7.11 Å². The Labute approximate surface area is 94.2 Å². The number of methoxy groups -OCH3 is 1. The van der Waals surface area contributed by atoms with E-state index in [1.165, 1.54) is 0 Å². The molecule has 0 saturated heterocycles. The van der Waals surface area contributed by atoms with Gasteiger partial charge in [0.25, 0.3) is 6.43 Å². The van der Waals surface area contributed by atoms with E-state index in [4.69, 9.17) is 11.6 Å². The van der Waals surface area contributed by atoms with Crippen LogP contribution in [0.5, 0.6) is 0 Å². The molecule has 0 atom stereocenters. The summed E-state index contributed by atoms with van der Waals surface area (Å²) in [7, 11) is 1.11. The molecular weight excluding hydrogens is 247 g/mol. The summed E-state index contributed by atoms with van der Waals surface area (Å²) < 4.78 is 42.4. The van der Waals surface area contributed by atoms with Crippen LogP contribution in [0, 0.1) is 5.82 Å². The lowest BCUT2D eigenvalue weighted by Crippen LogP contribution is -2.10. The Morgan fingerprint density at radius 2 is 2.25 bits per heavy atom. The topological polar surface area (TPSA) is 39.2 Å². The molecule has 0 radical (unpaired) electrons. The molecule has 0 fully saturated rings. The average Bonchev–Trinajstić information content (AvgIpc) is 2.23. The maximum Gasteiger partial charge on any atom is 0.311 e. The van der Waals surface area contributed by atoms with Gasteiger partial charge in [-0.15, -0.1) is 0 Å². The van der Waals surface area contributed by atoms with Gasteiger partial charge < -0.3 is 4.74 Å². The zero-order valence-electron chi connectivity index (χ0n) is 8.14. The normalized spacial score (nSPS) is 10.6. The molecule has 0 amide bonds. The van der Waals surface area contributed by atoms with Crippen LogP contribution >= 0.6 is 11.6 Å². The molecule has 16 heavy (non-hydrogen) atoms. The summed E-state index contributed by atoms with van der Waals surface area (Å²) in [6.45, 7) is 0. The van der Waals surface area contributed by atoms with Crippen LogP contribution in [0.3, 0.4) is 0 Å². The van der Waals surface area contributed by atoms with Crippen molar-refractivity contribution in [3.8, 4) is 0 Å². The third-order valence-electron chi connectivity index (χ3n) is 1.85. The molecule has 0 aliphatic carbocycles. The van der Waals surface area contributed by atoms with Crippen molar-refractivity contribution in [1.29, 1.82) is 0 Å². The van der Waals surface area contributed by atoms with Gasteiger partial charge in [0.05, 0.1) is 36.0 Å². The predicted molar refractivity (Wildman–Crippen MR) is 49.9 cm³/mol. The Morgan fingerprint density at radius 3 is 2.75 bits per heavy atom. The molecule has 88 valence electrons. The van der Waals surface area contributed by atoms with E-state index in [0.29, 0.717) is 6.20 Å². The van der Waals surface area contributed by atoms with Gasteiger partial charge in [0.15, 0.2) is 5.82 Å². The predicted octanol–water partition coefficient (Wildman–Crippen LogP) is 2.53. The molecule has 0 aliphatic heterocycles. The second-order valence-electron chi connectivity index (χ2n) is 2.83. The number of nitrogens with zero attached hydrogens (tertiary/aromatic N) is 1. The van der Waals surface area contributed by atoms with Gasteiger partial charge in [0, 0.05) is 0 Å². The van der Waals surface area contributed by atoms with Crippen molar-refractivity contribution < 1.29 is 22.7 Å². The molecule has 1 aromatic rings. The van der Waals surface area contributed by atoms with Crippen LogP contribution in [0.2, 0.25) is 5.02 Å². The van der Waals surface area contributed by atoms with Crippen molar-refractivity contribution in [2.24, 2.45) is 0 Å². The van der Waals surface area contributed by atoms with Crippen LogP contribution in [0.15, 0.2) is 6.20 Å². The molecule has 0 saturated carbocycles. The van der Waals surface area contributed by atoms with E-state index in [-0.39, 0.29) is 5.69 Å². The number of carbonyl (C=O) groups excluding carboxylic acids is 1. The zero-order chi connectivity index (χ0) is 12.3. The number of hydrogen-bond donors (Lipinski definition) is 0. The lowest BCUT2D eigenvalue weighted by molar-refractivity contribution is -0.139. The minimum atomic E-state index is -3.00. The number of carbonyl (C=O) groups is 1. The molecule has 0 aliphatic rings. The molecule has 1 heterocycles. The van der Waals surface area contributed by atoms with Gasteiger partial charge >= 0.3 is 5.97 Å². The molecule has 0 N–H and O–H groups in total. The highest BCUT2D eigenvalue weighted by Gasteiger charge is 2.23. The Kier molecular flexibility index (Phi) is 4.12. The van der Waals surface area contributed by atoms with Crippen molar-refractivity contribution in [2.45, 2.75) is 12.8 Å². The minimum Gasteiger partial charge on any atom is -0.469 e. The maximum absolute atomic E-state index is 12.9. The number of esters is 1. The molecule has 0 bridgehead atoms. The highest BCUT2D eigenvalue weighted by molar-refractivity contribution is 6.31. The van der Waals surface area contributed by atoms with Crippen LogP contribution in [-0.4, -0.2) is 18.1 Å². The monoisotopic (exact) mass is 253 g/mol. The SMILES string of the molecule is COC(=O)Cc1ncc(F)c(Cl)c1C(F)F. The molecule has 1 rings (SSSR count). The van der Waals surface area contributed by atoms with Crippen molar-refractivity contribution in [1.82, 2.24) is 4.98 Å². The second-order valence-corrected chi connectivity index (χ2v) is 3.21. The fourth-order valence-corrected chi connectivity index (χ4v) is 1.33. The van der Waals surface area contributed by atoms with Crippen LogP contribution in [0.25, 0.3) is 0 Å². The number of rotatable bonds is 3. The van der Waals surface area contributed by atoms with Crippen molar-refractivity contribution >= 4 is 17.6 Å². The molecule has 3 nitrogen and oxygen atoms in total. The summed E-state index contributed by atoms with van der Waals surface area (Å²) in [6.07, 6.45) is -2.79. The lowest BCUT2D eigenvalue weighted by atomic mass is 10.1. The summed E-state index contributed by atoms with van der Waals surface area (Å²) in [4.78, 5) is 14.3.